The third-order valence-corrected chi connectivity index (χ3v) is 4.26. The lowest BCUT2D eigenvalue weighted by Gasteiger charge is -2.20. The molecule has 2 aromatic rings. The van der Waals surface area contributed by atoms with E-state index < -0.39 is 24.2 Å². The summed E-state index contributed by atoms with van der Waals surface area (Å²) in [5, 5.41) is 2.70. The van der Waals surface area contributed by atoms with E-state index >= 15 is 0 Å². The average molecular weight is 379 g/mol. The van der Waals surface area contributed by atoms with Crippen molar-refractivity contribution < 1.29 is 23.9 Å². The lowest BCUT2D eigenvalue weighted by molar-refractivity contribution is -0.116. The average Bonchev–Trinajstić information content (AvgIpc) is 2.88. The van der Waals surface area contributed by atoms with Gasteiger partial charge in [-0.25, -0.2) is 9.59 Å². The number of nitrogens with one attached hydrogen (secondary N) is 1. The summed E-state index contributed by atoms with van der Waals surface area (Å²) in [5.74, 6) is -0.654. The molecule has 1 N–H and O–H groups in total. The third kappa shape index (κ3) is 5.81. The number of ether oxygens (including phenoxy) is 2. The van der Waals surface area contributed by atoms with E-state index in [4.69, 9.17) is 9.47 Å². The first kappa shape index (κ1) is 19.4. The zero-order valence-corrected chi connectivity index (χ0v) is 15.2. The van der Waals surface area contributed by atoms with Gasteiger partial charge in [-0.05, 0) is 23.8 Å². The predicted octanol–water partition coefficient (Wildman–Crippen LogP) is 3.43. The molecule has 3 rings (SSSR count). The molecule has 0 saturated heterocycles. The van der Waals surface area contributed by atoms with Gasteiger partial charge in [-0.15, -0.1) is 0 Å². The summed E-state index contributed by atoms with van der Waals surface area (Å²) < 4.78 is 10.7. The maximum atomic E-state index is 12.3. The molecule has 0 aliphatic heterocycles. The molecule has 6 nitrogen and oxygen atoms in total. The van der Waals surface area contributed by atoms with Crippen molar-refractivity contribution in [2.75, 3.05) is 0 Å². The molecule has 0 fully saturated rings. The summed E-state index contributed by atoms with van der Waals surface area (Å²) in [7, 11) is 0. The fourth-order valence-electron chi connectivity index (χ4n) is 2.87. The Morgan fingerprint density at radius 2 is 1.68 bits per heavy atom. The van der Waals surface area contributed by atoms with E-state index in [0.29, 0.717) is 12.0 Å². The first-order valence-electron chi connectivity index (χ1n) is 9.04. The minimum atomic E-state index is -0.630. The normalized spacial score (nSPS) is 18.8. The fourth-order valence-corrected chi connectivity index (χ4v) is 2.87. The number of hydrogen-bond acceptors (Lipinski definition) is 5. The van der Waals surface area contributed by atoms with Gasteiger partial charge in [-0.1, -0.05) is 54.6 Å². The second-order valence-electron chi connectivity index (χ2n) is 6.47. The number of rotatable bonds is 5. The lowest BCUT2D eigenvalue weighted by Crippen LogP contribution is -2.36. The molecule has 2 aromatic carbocycles. The Bertz CT molecular complexity index is 848. The van der Waals surface area contributed by atoms with E-state index in [1.54, 1.807) is 36.4 Å². The molecule has 144 valence electrons. The standard InChI is InChI=1S/C22H21NO5/c24-19-12-11-18(23-22(26)27-15-16-7-3-1-4-8-16)13-20(14-19)28-21(25)17-9-5-2-6-10-17/h1-12,18,20H,13-15H2,(H,23,26)/t18-,20-/m1/s1. The molecule has 0 spiro atoms. The van der Waals surface area contributed by atoms with Gasteiger partial charge in [0.1, 0.15) is 12.7 Å². The molecule has 1 aliphatic carbocycles. The highest BCUT2D eigenvalue weighted by atomic mass is 16.6. The smallest absolute Gasteiger partial charge is 0.407 e. The minimum absolute atomic E-state index is 0.0757. The summed E-state index contributed by atoms with van der Waals surface area (Å²) >= 11 is 0. The Morgan fingerprint density at radius 1 is 1.00 bits per heavy atom. The highest BCUT2D eigenvalue weighted by Gasteiger charge is 2.25. The molecule has 1 amide bonds. The van der Waals surface area contributed by atoms with Gasteiger partial charge >= 0.3 is 12.1 Å². The van der Waals surface area contributed by atoms with Crippen LogP contribution in [-0.2, 0) is 20.9 Å². The zero-order chi connectivity index (χ0) is 19.8. The number of esters is 1. The van der Waals surface area contributed by atoms with Crippen molar-refractivity contribution >= 4 is 17.8 Å². The maximum Gasteiger partial charge on any atom is 0.407 e. The fraction of sp³-hybridized carbons (Fsp3) is 0.227. The molecule has 28 heavy (non-hydrogen) atoms. The Kier molecular flexibility index (Phi) is 6.57. The SMILES string of the molecule is O=C1C=C[C@@H](NC(=O)OCc2ccccc2)C[C@@H](OC(=O)c2ccccc2)C1. The predicted molar refractivity (Wildman–Crippen MR) is 103 cm³/mol. The van der Waals surface area contributed by atoms with Crippen molar-refractivity contribution in [3.05, 3.63) is 83.9 Å². The summed E-state index contributed by atoms with van der Waals surface area (Å²) in [6.45, 7) is 0.147. The number of alkyl carbamates (subject to hydrolysis) is 1. The van der Waals surface area contributed by atoms with Crippen molar-refractivity contribution in [3.8, 4) is 0 Å². The van der Waals surface area contributed by atoms with E-state index in [-0.39, 0.29) is 18.8 Å². The molecule has 0 bridgehead atoms. The van der Waals surface area contributed by atoms with E-state index in [1.165, 1.54) is 6.08 Å². The maximum absolute atomic E-state index is 12.3. The lowest BCUT2D eigenvalue weighted by atomic mass is 10.1. The van der Waals surface area contributed by atoms with E-state index in [0.717, 1.165) is 5.56 Å². The van der Waals surface area contributed by atoms with Crippen LogP contribution >= 0.6 is 0 Å². The van der Waals surface area contributed by atoms with Crippen LogP contribution in [0.25, 0.3) is 0 Å². The molecule has 0 heterocycles. The van der Waals surface area contributed by atoms with Gasteiger partial charge in [0.25, 0.3) is 0 Å². The first-order valence-corrected chi connectivity index (χ1v) is 9.04. The van der Waals surface area contributed by atoms with E-state index in [9.17, 15) is 14.4 Å². The van der Waals surface area contributed by atoms with Crippen LogP contribution in [0.2, 0.25) is 0 Å². The van der Waals surface area contributed by atoms with Gasteiger partial charge < -0.3 is 14.8 Å². The Balaban J connectivity index is 1.55. The second-order valence-corrected chi connectivity index (χ2v) is 6.47. The molecule has 1 aliphatic rings. The molecular formula is C22H21NO5. The second kappa shape index (κ2) is 9.50. The third-order valence-electron chi connectivity index (χ3n) is 4.26. The number of benzene rings is 2. The Hall–Kier alpha value is -3.41. The van der Waals surface area contributed by atoms with Gasteiger partial charge in [0, 0.05) is 12.8 Å². The topological polar surface area (TPSA) is 81.7 Å². The van der Waals surface area contributed by atoms with Crippen LogP contribution in [0.1, 0.15) is 28.8 Å². The number of allylic oxidation sites excluding steroid dienone is 1. The molecule has 6 heteroatoms. The summed E-state index contributed by atoms with van der Waals surface area (Å²) in [6.07, 6.45) is 2.14. The van der Waals surface area contributed by atoms with Crippen molar-refractivity contribution in [2.45, 2.75) is 31.6 Å². The van der Waals surface area contributed by atoms with Gasteiger partial charge in [-0.2, -0.15) is 0 Å². The van der Waals surface area contributed by atoms with Crippen LogP contribution in [0.15, 0.2) is 72.8 Å². The summed E-state index contributed by atoms with van der Waals surface area (Å²) in [6, 6.07) is 17.4. The van der Waals surface area contributed by atoms with E-state index in [2.05, 4.69) is 5.32 Å². The van der Waals surface area contributed by atoms with Crippen molar-refractivity contribution in [1.29, 1.82) is 0 Å². The number of amides is 1. The highest BCUT2D eigenvalue weighted by Crippen LogP contribution is 2.16. The van der Waals surface area contributed by atoms with E-state index in [1.807, 2.05) is 30.3 Å². The molecule has 0 unspecified atom stereocenters. The molecule has 0 saturated carbocycles. The van der Waals surface area contributed by atoms with Gasteiger partial charge in [0.15, 0.2) is 5.78 Å². The minimum Gasteiger partial charge on any atom is -0.458 e. The van der Waals surface area contributed by atoms with Crippen LogP contribution < -0.4 is 5.32 Å². The largest absolute Gasteiger partial charge is 0.458 e. The highest BCUT2D eigenvalue weighted by molar-refractivity contribution is 5.92. The summed E-state index contributed by atoms with van der Waals surface area (Å²) in [4.78, 5) is 36.3. The molecular weight excluding hydrogens is 358 g/mol. The van der Waals surface area contributed by atoms with Crippen LogP contribution in [0.3, 0.4) is 0 Å². The number of hydrogen-bond donors (Lipinski definition) is 1. The van der Waals surface area contributed by atoms with Crippen molar-refractivity contribution in [1.82, 2.24) is 5.32 Å². The van der Waals surface area contributed by atoms with Gasteiger partial charge in [0.05, 0.1) is 11.6 Å². The number of carbonyl (C=O) groups is 3. The molecule has 2 atom stereocenters. The zero-order valence-electron chi connectivity index (χ0n) is 15.2. The van der Waals surface area contributed by atoms with Crippen LogP contribution in [-0.4, -0.2) is 30.0 Å². The number of ketones is 1. The Labute approximate surface area is 163 Å². The molecule has 0 aromatic heterocycles. The van der Waals surface area contributed by atoms with Gasteiger partial charge in [0.2, 0.25) is 0 Å². The van der Waals surface area contributed by atoms with Crippen LogP contribution in [0.5, 0.6) is 0 Å². The van der Waals surface area contributed by atoms with Gasteiger partial charge in [-0.3, -0.25) is 4.79 Å². The van der Waals surface area contributed by atoms with Crippen LogP contribution in [0, 0.1) is 0 Å². The summed E-state index contributed by atoms with van der Waals surface area (Å²) in [5.41, 5.74) is 1.29. The van der Waals surface area contributed by atoms with Crippen molar-refractivity contribution in [2.24, 2.45) is 0 Å². The molecule has 0 radical (unpaired) electrons. The quantitative estimate of drug-likeness (QED) is 0.805. The first-order chi connectivity index (χ1) is 13.6. The Morgan fingerprint density at radius 3 is 2.39 bits per heavy atom. The van der Waals surface area contributed by atoms with Crippen LogP contribution in [0.4, 0.5) is 4.79 Å². The van der Waals surface area contributed by atoms with Crippen molar-refractivity contribution in [3.63, 3.8) is 0 Å². The number of carbonyl (C=O) groups excluding carboxylic acids is 3. The monoisotopic (exact) mass is 379 g/mol.